The van der Waals surface area contributed by atoms with Crippen molar-refractivity contribution in [3.05, 3.63) is 11.5 Å². The van der Waals surface area contributed by atoms with E-state index in [2.05, 4.69) is 17.1 Å². The first kappa shape index (κ1) is 17.5. The highest BCUT2D eigenvalue weighted by molar-refractivity contribution is 7.94. The van der Waals surface area contributed by atoms with Crippen molar-refractivity contribution in [3.63, 3.8) is 0 Å². The summed E-state index contributed by atoms with van der Waals surface area (Å²) < 4.78 is 24.3. The van der Waals surface area contributed by atoms with Crippen LogP contribution >= 0.6 is 0 Å². The lowest BCUT2D eigenvalue weighted by molar-refractivity contribution is -0.116. The van der Waals surface area contributed by atoms with Gasteiger partial charge in [0.1, 0.15) is 0 Å². The Morgan fingerprint density at radius 1 is 1.18 bits per heavy atom. The Labute approximate surface area is 134 Å². The van der Waals surface area contributed by atoms with Gasteiger partial charge in [-0.15, -0.1) is 0 Å². The number of likely N-dealkylation sites (N-methyl/N-ethyl adjacent to an activating group) is 1. The van der Waals surface area contributed by atoms with E-state index in [1.54, 1.807) is 0 Å². The van der Waals surface area contributed by atoms with Gasteiger partial charge in [0.25, 0.3) is 0 Å². The van der Waals surface area contributed by atoms with E-state index in [1.807, 2.05) is 0 Å². The number of likely N-dealkylation sites (tertiary alicyclic amines) is 1. The standard InChI is InChI=1S/C16H28N2O3S/c1-2-18-11-6-7-14(18)13-17-16(19)10-12-22(20,21)15-8-4-3-5-9-15/h10,12,14-15H,2-9,11,13H2,1H3,(H,17,19)/b12-10+. The molecule has 0 aromatic heterocycles. The van der Waals surface area contributed by atoms with E-state index in [1.165, 1.54) is 12.5 Å². The van der Waals surface area contributed by atoms with Crippen LogP contribution in [0.5, 0.6) is 0 Å². The minimum absolute atomic E-state index is 0.296. The fourth-order valence-electron chi connectivity index (χ4n) is 3.48. The second-order valence-corrected chi connectivity index (χ2v) is 8.44. The van der Waals surface area contributed by atoms with E-state index in [0.717, 1.165) is 57.0 Å². The summed E-state index contributed by atoms with van der Waals surface area (Å²) in [6, 6.07) is 0.386. The summed E-state index contributed by atoms with van der Waals surface area (Å²) >= 11 is 0. The zero-order valence-corrected chi connectivity index (χ0v) is 14.3. The number of hydrogen-bond acceptors (Lipinski definition) is 4. The van der Waals surface area contributed by atoms with Gasteiger partial charge in [-0.3, -0.25) is 9.69 Å². The van der Waals surface area contributed by atoms with Crippen molar-refractivity contribution in [2.45, 2.75) is 63.2 Å². The monoisotopic (exact) mass is 328 g/mol. The Morgan fingerprint density at radius 3 is 2.59 bits per heavy atom. The zero-order chi connectivity index (χ0) is 16.0. The average Bonchev–Trinajstić information content (AvgIpc) is 2.99. The summed E-state index contributed by atoms with van der Waals surface area (Å²) in [4.78, 5) is 14.2. The van der Waals surface area contributed by atoms with Crippen LogP contribution in [0.4, 0.5) is 0 Å². The van der Waals surface area contributed by atoms with E-state index in [-0.39, 0.29) is 11.2 Å². The third-order valence-electron chi connectivity index (χ3n) is 4.84. The highest BCUT2D eigenvalue weighted by Gasteiger charge is 2.25. The topological polar surface area (TPSA) is 66.5 Å². The summed E-state index contributed by atoms with van der Waals surface area (Å²) in [5, 5.41) is 3.65. The number of hydrogen-bond donors (Lipinski definition) is 1. The Bertz CT molecular complexity index is 496. The molecule has 126 valence electrons. The lowest BCUT2D eigenvalue weighted by Crippen LogP contribution is -2.39. The van der Waals surface area contributed by atoms with E-state index in [0.29, 0.717) is 12.6 Å². The minimum Gasteiger partial charge on any atom is -0.351 e. The van der Waals surface area contributed by atoms with Gasteiger partial charge in [0.2, 0.25) is 5.91 Å². The molecule has 0 aromatic carbocycles. The molecule has 1 saturated carbocycles. The molecular formula is C16H28N2O3S. The van der Waals surface area contributed by atoms with E-state index < -0.39 is 9.84 Å². The van der Waals surface area contributed by atoms with Crippen molar-refractivity contribution in [1.82, 2.24) is 10.2 Å². The quantitative estimate of drug-likeness (QED) is 0.756. The maximum absolute atomic E-state index is 12.2. The molecule has 0 aromatic rings. The predicted molar refractivity (Wildman–Crippen MR) is 88.2 cm³/mol. The smallest absolute Gasteiger partial charge is 0.244 e. The van der Waals surface area contributed by atoms with Crippen LogP contribution in [0, 0.1) is 0 Å². The number of rotatable bonds is 6. The molecule has 1 aliphatic carbocycles. The zero-order valence-electron chi connectivity index (χ0n) is 13.5. The Morgan fingerprint density at radius 2 is 1.91 bits per heavy atom. The molecule has 1 heterocycles. The normalized spacial score (nSPS) is 24.9. The molecule has 0 spiro atoms. The van der Waals surface area contributed by atoms with Gasteiger partial charge in [-0.05, 0) is 38.8 Å². The number of sulfone groups is 1. The molecule has 0 radical (unpaired) electrons. The van der Waals surface area contributed by atoms with Crippen LogP contribution in [0.25, 0.3) is 0 Å². The highest BCUT2D eigenvalue weighted by atomic mass is 32.2. The van der Waals surface area contributed by atoms with Crippen LogP contribution in [0.2, 0.25) is 0 Å². The molecule has 1 unspecified atom stereocenters. The van der Waals surface area contributed by atoms with Gasteiger partial charge in [0.05, 0.1) is 5.25 Å². The number of nitrogens with zero attached hydrogens (tertiary/aromatic N) is 1. The van der Waals surface area contributed by atoms with Crippen LogP contribution in [0.3, 0.4) is 0 Å². The molecule has 5 nitrogen and oxygen atoms in total. The largest absolute Gasteiger partial charge is 0.351 e. The maximum atomic E-state index is 12.2. The van der Waals surface area contributed by atoms with Crippen molar-refractivity contribution in [1.29, 1.82) is 0 Å². The number of carbonyl (C=O) groups is 1. The van der Waals surface area contributed by atoms with Crippen LogP contribution < -0.4 is 5.32 Å². The van der Waals surface area contributed by atoms with Gasteiger partial charge in [0.15, 0.2) is 9.84 Å². The molecule has 1 atom stereocenters. The number of carbonyl (C=O) groups excluding carboxylic acids is 1. The summed E-state index contributed by atoms with van der Waals surface area (Å²) in [5.74, 6) is -0.303. The minimum atomic E-state index is -3.28. The predicted octanol–water partition coefficient (Wildman–Crippen LogP) is 1.85. The van der Waals surface area contributed by atoms with Gasteiger partial charge in [-0.1, -0.05) is 26.2 Å². The molecule has 1 aliphatic heterocycles. The van der Waals surface area contributed by atoms with Crippen LogP contribution in [-0.4, -0.2) is 50.2 Å². The molecule has 2 fully saturated rings. The molecule has 2 rings (SSSR count). The van der Waals surface area contributed by atoms with Gasteiger partial charge in [0, 0.05) is 24.1 Å². The molecular weight excluding hydrogens is 300 g/mol. The molecule has 1 saturated heterocycles. The lowest BCUT2D eigenvalue weighted by atomic mass is 10.0. The average molecular weight is 328 g/mol. The van der Waals surface area contributed by atoms with Crippen molar-refractivity contribution in [2.75, 3.05) is 19.6 Å². The third-order valence-corrected chi connectivity index (χ3v) is 6.76. The SMILES string of the molecule is CCN1CCCC1CNC(=O)/C=C/S(=O)(=O)C1CCCCC1. The molecule has 2 aliphatic rings. The first-order valence-electron chi connectivity index (χ1n) is 8.47. The van der Waals surface area contributed by atoms with E-state index >= 15 is 0 Å². The van der Waals surface area contributed by atoms with E-state index in [9.17, 15) is 13.2 Å². The Hall–Kier alpha value is -0.880. The van der Waals surface area contributed by atoms with Crippen LogP contribution in [0.1, 0.15) is 51.9 Å². The lowest BCUT2D eigenvalue weighted by Gasteiger charge is -2.22. The van der Waals surface area contributed by atoms with Crippen molar-refractivity contribution < 1.29 is 13.2 Å². The molecule has 1 amide bonds. The van der Waals surface area contributed by atoms with Gasteiger partial charge < -0.3 is 5.32 Å². The fraction of sp³-hybridized carbons (Fsp3) is 0.812. The summed E-state index contributed by atoms with van der Waals surface area (Å²) in [6.07, 6.45) is 7.96. The van der Waals surface area contributed by atoms with Gasteiger partial charge in [-0.25, -0.2) is 8.42 Å². The van der Waals surface area contributed by atoms with Gasteiger partial charge in [-0.2, -0.15) is 0 Å². The summed E-state index contributed by atoms with van der Waals surface area (Å²) in [6.45, 7) is 4.80. The first-order chi connectivity index (χ1) is 10.5. The van der Waals surface area contributed by atoms with Crippen molar-refractivity contribution in [3.8, 4) is 0 Å². The molecule has 6 heteroatoms. The molecule has 0 bridgehead atoms. The molecule has 22 heavy (non-hydrogen) atoms. The molecule has 1 N–H and O–H groups in total. The first-order valence-corrected chi connectivity index (χ1v) is 10.1. The number of nitrogens with one attached hydrogen (secondary N) is 1. The number of amides is 1. The second-order valence-electron chi connectivity index (χ2n) is 6.32. The Balaban J connectivity index is 1.80. The summed E-state index contributed by atoms with van der Waals surface area (Å²) in [5.41, 5.74) is 0. The maximum Gasteiger partial charge on any atom is 0.244 e. The third kappa shape index (κ3) is 4.81. The fourth-order valence-corrected chi connectivity index (χ4v) is 5.01. The van der Waals surface area contributed by atoms with Crippen molar-refractivity contribution in [2.24, 2.45) is 0 Å². The highest BCUT2D eigenvalue weighted by Crippen LogP contribution is 2.24. The summed E-state index contributed by atoms with van der Waals surface area (Å²) in [7, 11) is -3.28. The second kappa shape index (κ2) is 8.11. The van der Waals surface area contributed by atoms with Crippen molar-refractivity contribution >= 4 is 15.7 Å². The van der Waals surface area contributed by atoms with Crippen LogP contribution in [-0.2, 0) is 14.6 Å². The van der Waals surface area contributed by atoms with Crippen LogP contribution in [0.15, 0.2) is 11.5 Å². The van der Waals surface area contributed by atoms with E-state index in [4.69, 9.17) is 0 Å². The Kier molecular flexibility index (Phi) is 6.44. The van der Waals surface area contributed by atoms with Gasteiger partial charge >= 0.3 is 0 Å².